The summed E-state index contributed by atoms with van der Waals surface area (Å²) >= 11 is 11.9. The Hall–Kier alpha value is -4.20. The number of carbonyl (C=O) groups is 2. The fraction of sp³-hybridized carbons (Fsp3) is 0.160. The van der Waals surface area contributed by atoms with Crippen LogP contribution in [0.25, 0.3) is 11.1 Å². The van der Waals surface area contributed by atoms with Gasteiger partial charge in [-0.1, -0.05) is 23.2 Å². The van der Waals surface area contributed by atoms with E-state index < -0.39 is 47.6 Å². The summed E-state index contributed by atoms with van der Waals surface area (Å²) in [4.78, 5) is 37.5. The molecule has 2 amide bonds. The molecule has 1 heterocycles. The van der Waals surface area contributed by atoms with E-state index in [2.05, 4.69) is 5.32 Å². The number of halogens is 5. The first-order valence-electron chi connectivity index (χ1n) is 11.3. The second kappa shape index (κ2) is 12.8. The van der Waals surface area contributed by atoms with Gasteiger partial charge in [0.05, 0.1) is 30.8 Å². The van der Waals surface area contributed by atoms with Crippen LogP contribution in [0.2, 0.25) is 5.02 Å². The Balaban J connectivity index is 2.09. The summed E-state index contributed by atoms with van der Waals surface area (Å²) in [5.41, 5.74) is 9.89. The fourth-order valence-corrected chi connectivity index (χ4v) is 4.11. The fourth-order valence-electron chi connectivity index (χ4n) is 3.83. The molecule has 0 bridgehead atoms. The van der Waals surface area contributed by atoms with E-state index in [1.165, 1.54) is 31.5 Å². The number of hydrazine groups is 1. The summed E-state index contributed by atoms with van der Waals surface area (Å²) in [6.45, 7) is 0. The van der Waals surface area contributed by atoms with E-state index in [1.54, 1.807) is 0 Å². The lowest BCUT2D eigenvalue weighted by molar-refractivity contribution is -0.120. The molecule has 0 aliphatic rings. The molecule has 0 spiro atoms. The first-order chi connectivity index (χ1) is 18.8. The highest BCUT2D eigenvalue weighted by Crippen LogP contribution is 2.38. The van der Waals surface area contributed by atoms with Gasteiger partial charge in [-0.3, -0.25) is 24.0 Å². The Morgan fingerprint density at radius 1 is 1.15 bits per heavy atom. The van der Waals surface area contributed by atoms with Crippen LogP contribution in [-0.2, 0) is 4.79 Å². The number of carbonyl (C=O) groups excluding carboxylic acids is 2. The van der Waals surface area contributed by atoms with E-state index in [9.17, 15) is 27.6 Å². The van der Waals surface area contributed by atoms with Gasteiger partial charge in [-0.05, 0) is 36.4 Å². The zero-order chi connectivity index (χ0) is 29.7. The number of alkyl halides is 2. The quantitative estimate of drug-likeness (QED) is 0.156. The summed E-state index contributed by atoms with van der Waals surface area (Å²) < 4.78 is 47.4. The van der Waals surface area contributed by atoms with Gasteiger partial charge >= 0.3 is 0 Å². The zero-order valence-corrected chi connectivity index (χ0v) is 22.2. The van der Waals surface area contributed by atoms with Crippen molar-refractivity contribution < 1.29 is 27.5 Å². The molecule has 0 fully saturated rings. The molecule has 7 N–H and O–H groups in total. The number of aromatic nitrogens is 1. The molecule has 212 valence electrons. The first kappa shape index (κ1) is 30.3. The molecule has 1 atom stereocenters. The molecule has 1 aromatic heterocycles. The van der Waals surface area contributed by atoms with E-state index in [4.69, 9.17) is 45.2 Å². The number of hydrogen-bond acceptors (Lipinski definition) is 7. The molecule has 3 aromatic rings. The molecule has 3 rings (SSSR count). The minimum absolute atomic E-state index is 0.00302. The van der Waals surface area contributed by atoms with Crippen LogP contribution in [0.1, 0.15) is 22.8 Å². The number of rotatable bonds is 10. The topological polar surface area (TPSA) is 159 Å². The molecule has 0 aliphatic heterocycles. The molecule has 10 nitrogen and oxygen atoms in total. The number of nitrogens with zero attached hydrogens (tertiary/aromatic N) is 2. The highest BCUT2D eigenvalue weighted by Gasteiger charge is 2.28. The summed E-state index contributed by atoms with van der Waals surface area (Å²) in [7, 11) is 1.26. The smallest absolute Gasteiger partial charge is 0.252 e. The monoisotopic (exact) mass is 598 g/mol. The van der Waals surface area contributed by atoms with Crippen LogP contribution in [0, 0.1) is 5.82 Å². The third-order valence-electron chi connectivity index (χ3n) is 5.60. The van der Waals surface area contributed by atoms with Crippen molar-refractivity contribution in [2.24, 2.45) is 17.3 Å². The van der Waals surface area contributed by atoms with Gasteiger partial charge in [-0.15, -0.1) is 0 Å². The predicted octanol–water partition coefficient (Wildman–Crippen LogP) is 3.93. The van der Waals surface area contributed by atoms with Crippen molar-refractivity contribution in [2.45, 2.75) is 18.9 Å². The maximum atomic E-state index is 14.2. The standard InChI is InChI=1S/C25H23Cl2F3N6O4/c1-40-20-10-35(19(9-22(29)30)25(39)34-13-3-4-14(24(32)38)17(28)7-13)23(37)8-16(20)15-6-12(26)2-5-18(15)36(33)11-21(27)31/h2-8,10-11,19,22H,9,31,33H2,1H3,(H2,32,38)(H,34,39)/b21-11-. The molecule has 0 saturated heterocycles. The van der Waals surface area contributed by atoms with Gasteiger partial charge in [0.15, 0.2) is 0 Å². The minimum Gasteiger partial charge on any atom is -0.495 e. The normalized spacial score (nSPS) is 12.2. The van der Waals surface area contributed by atoms with Crippen LogP contribution in [0.3, 0.4) is 0 Å². The van der Waals surface area contributed by atoms with E-state index in [1.807, 2.05) is 0 Å². The Kier molecular flexibility index (Phi) is 9.69. The van der Waals surface area contributed by atoms with Gasteiger partial charge in [0, 0.05) is 34.3 Å². The van der Waals surface area contributed by atoms with Crippen LogP contribution in [0.5, 0.6) is 5.75 Å². The van der Waals surface area contributed by atoms with Crippen LogP contribution in [-0.4, -0.2) is 29.9 Å². The number of nitrogens with one attached hydrogen (secondary N) is 1. The Labute approximate surface area is 235 Å². The Morgan fingerprint density at radius 3 is 2.42 bits per heavy atom. The van der Waals surface area contributed by atoms with E-state index in [0.717, 1.165) is 40.0 Å². The van der Waals surface area contributed by atoms with Crippen molar-refractivity contribution in [1.29, 1.82) is 0 Å². The van der Waals surface area contributed by atoms with E-state index in [-0.39, 0.29) is 27.2 Å². The number of nitrogens with two attached hydrogens (primary N) is 3. The molecular weight excluding hydrogens is 576 g/mol. The molecule has 0 radical (unpaired) electrons. The lowest BCUT2D eigenvalue weighted by Crippen LogP contribution is -2.34. The van der Waals surface area contributed by atoms with Gasteiger partial charge in [0.1, 0.15) is 22.8 Å². The number of ether oxygens (including phenoxy) is 1. The second-order valence-corrected chi connectivity index (χ2v) is 9.15. The second-order valence-electron chi connectivity index (χ2n) is 8.27. The van der Waals surface area contributed by atoms with E-state index >= 15 is 0 Å². The third kappa shape index (κ3) is 7.05. The van der Waals surface area contributed by atoms with Crippen molar-refractivity contribution in [3.63, 3.8) is 0 Å². The molecule has 40 heavy (non-hydrogen) atoms. The van der Waals surface area contributed by atoms with Gasteiger partial charge in [-0.2, -0.15) is 0 Å². The average molecular weight is 599 g/mol. The highest BCUT2D eigenvalue weighted by atomic mass is 35.5. The number of primary amides is 1. The molecule has 0 saturated carbocycles. The lowest BCUT2D eigenvalue weighted by atomic mass is 10.0. The summed E-state index contributed by atoms with van der Waals surface area (Å²) in [5, 5.41) is 3.48. The molecule has 2 aromatic carbocycles. The Morgan fingerprint density at radius 2 is 1.85 bits per heavy atom. The number of pyridine rings is 1. The SMILES string of the molecule is COc1cn(C(CC(F)F)C(=O)Nc2ccc(C(N)=O)c(F)c2)c(=O)cc1-c1cc(Cl)ccc1N(N)/C=C(\N)Cl. The van der Waals surface area contributed by atoms with Crippen LogP contribution >= 0.6 is 23.2 Å². The molecule has 15 heteroatoms. The van der Waals surface area contributed by atoms with Crippen molar-refractivity contribution in [3.05, 3.63) is 86.8 Å². The zero-order valence-electron chi connectivity index (χ0n) is 20.7. The van der Waals surface area contributed by atoms with Gasteiger partial charge < -0.3 is 21.5 Å². The molecule has 1 unspecified atom stereocenters. The van der Waals surface area contributed by atoms with Crippen LogP contribution in [0.15, 0.2) is 64.8 Å². The molecular formula is C25H23Cl2F3N6O4. The first-order valence-corrected chi connectivity index (χ1v) is 12.0. The maximum absolute atomic E-state index is 14.2. The van der Waals surface area contributed by atoms with Crippen LogP contribution < -0.4 is 37.9 Å². The lowest BCUT2D eigenvalue weighted by Gasteiger charge is -2.23. The largest absolute Gasteiger partial charge is 0.495 e. The number of amides is 2. The summed E-state index contributed by atoms with van der Waals surface area (Å²) in [6.07, 6.45) is -1.78. The van der Waals surface area contributed by atoms with Crippen molar-refractivity contribution >= 4 is 46.4 Å². The molecule has 0 aliphatic carbocycles. The average Bonchev–Trinajstić information content (AvgIpc) is 2.86. The summed E-state index contributed by atoms with van der Waals surface area (Å²) in [5.74, 6) is 2.92. The number of benzene rings is 2. The van der Waals surface area contributed by atoms with Crippen LogP contribution in [0.4, 0.5) is 24.5 Å². The minimum atomic E-state index is -3.00. The number of methoxy groups -OCH3 is 1. The van der Waals surface area contributed by atoms with E-state index in [0.29, 0.717) is 11.3 Å². The van der Waals surface area contributed by atoms with Gasteiger partial charge in [0.25, 0.3) is 11.5 Å². The Bertz CT molecular complexity index is 1530. The maximum Gasteiger partial charge on any atom is 0.252 e. The number of hydrogen-bond donors (Lipinski definition) is 4. The van der Waals surface area contributed by atoms with Crippen molar-refractivity contribution in [1.82, 2.24) is 4.57 Å². The number of anilines is 2. The van der Waals surface area contributed by atoms with Gasteiger partial charge in [-0.25, -0.2) is 19.0 Å². The predicted molar refractivity (Wildman–Crippen MR) is 146 cm³/mol. The summed E-state index contributed by atoms with van der Waals surface area (Å²) in [6, 6.07) is 6.82. The van der Waals surface area contributed by atoms with Gasteiger partial charge in [0.2, 0.25) is 12.3 Å². The highest BCUT2D eigenvalue weighted by molar-refractivity contribution is 6.31. The van der Waals surface area contributed by atoms with Crippen molar-refractivity contribution in [3.8, 4) is 16.9 Å². The van der Waals surface area contributed by atoms with Crippen molar-refractivity contribution in [2.75, 3.05) is 17.4 Å². The third-order valence-corrected chi connectivity index (χ3v) is 5.93.